The maximum Gasteiger partial charge on any atom is 0.348 e. The van der Waals surface area contributed by atoms with Gasteiger partial charge in [-0.1, -0.05) is 31.0 Å². The van der Waals surface area contributed by atoms with Crippen molar-refractivity contribution in [1.82, 2.24) is 5.32 Å². The van der Waals surface area contributed by atoms with Crippen molar-refractivity contribution in [2.75, 3.05) is 0 Å². The molecule has 24 heavy (non-hydrogen) atoms. The summed E-state index contributed by atoms with van der Waals surface area (Å²) >= 11 is 0. The topological polar surface area (TPSA) is 81.7 Å². The van der Waals surface area contributed by atoms with E-state index in [-0.39, 0.29) is 18.4 Å². The van der Waals surface area contributed by atoms with Gasteiger partial charge >= 0.3 is 11.9 Å². The molecule has 0 spiro atoms. The molecule has 1 aromatic carbocycles. The molecule has 2 aliphatic rings. The average Bonchev–Trinajstić information content (AvgIpc) is 3.07. The van der Waals surface area contributed by atoms with Crippen LogP contribution in [0, 0.1) is 0 Å². The van der Waals surface area contributed by atoms with Crippen molar-refractivity contribution in [3.05, 3.63) is 35.4 Å². The molecule has 2 atom stereocenters. The number of esters is 2. The van der Waals surface area contributed by atoms with Crippen LogP contribution in [0.5, 0.6) is 0 Å². The van der Waals surface area contributed by atoms with Crippen LogP contribution in [0.2, 0.25) is 0 Å². The molecule has 1 saturated carbocycles. The monoisotopic (exact) mass is 331 g/mol. The van der Waals surface area contributed by atoms with E-state index in [1.807, 2.05) is 0 Å². The Morgan fingerprint density at radius 1 is 1.25 bits per heavy atom. The van der Waals surface area contributed by atoms with Gasteiger partial charge in [-0.25, -0.2) is 9.59 Å². The number of carbonyl (C=O) groups is 3. The lowest BCUT2D eigenvalue weighted by atomic mass is 9.99. The Morgan fingerprint density at radius 2 is 1.96 bits per heavy atom. The van der Waals surface area contributed by atoms with Crippen molar-refractivity contribution >= 4 is 17.8 Å². The van der Waals surface area contributed by atoms with Crippen molar-refractivity contribution < 1.29 is 23.9 Å². The minimum Gasteiger partial charge on any atom is -0.450 e. The fraction of sp³-hybridized carbons (Fsp3) is 0.500. The molecule has 3 rings (SSSR count). The van der Waals surface area contributed by atoms with Gasteiger partial charge in [0.05, 0.1) is 5.56 Å². The lowest BCUT2D eigenvalue weighted by Gasteiger charge is -2.24. The number of hydrogen-bond donors (Lipinski definition) is 1. The number of ether oxygens (including phenoxy) is 2. The summed E-state index contributed by atoms with van der Waals surface area (Å²) in [5.41, 5.74) is 1.22. The standard InChI is InChI=1S/C18H21NO5/c1-11(16(20)19-13-7-3-4-8-13)23-18(22)15-10-12-6-2-5-9-14(12)17(21)24-15/h2,5-6,9,11,13,15H,3-4,7-8,10H2,1H3,(H,19,20)/t11-,15-/m0/s1. The second kappa shape index (κ2) is 7.03. The molecule has 0 bridgehead atoms. The first-order valence-electron chi connectivity index (χ1n) is 8.34. The van der Waals surface area contributed by atoms with Crippen LogP contribution in [-0.4, -0.2) is 36.1 Å². The summed E-state index contributed by atoms with van der Waals surface area (Å²) in [6.45, 7) is 1.53. The first-order valence-corrected chi connectivity index (χ1v) is 8.34. The lowest BCUT2D eigenvalue weighted by Crippen LogP contribution is -2.43. The van der Waals surface area contributed by atoms with Gasteiger partial charge in [-0.05, 0) is 31.4 Å². The number of nitrogens with one attached hydrogen (secondary N) is 1. The summed E-state index contributed by atoms with van der Waals surface area (Å²) < 4.78 is 10.3. The number of hydrogen-bond acceptors (Lipinski definition) is 5. The Morgan fingerprint density at radius 3 is 2.71 bits per heavy atom. The van der Waals surface area contributed by atoms with Gasteiger partial charge in [-0.15, -0.1) is 0 Å². The maximum absolute atomic E-state index is 12.2. The van der Waals surface area contributed by atoms with E-state index in [2.05, 4.69) is 5.32 Å². The van der Waals surface area contributed by atoms with Crippen LogP contribution in [0.15, 0.2) is 24.3 Å². The Kier molecular flexibility index (Phi) is 4.83. The van der Waals surface area contributed by atoms with Gasteiger partial charge in [-0.3, -0.25) is 4.79 Å². The predicted molar refractivity (Wildman–Crippen MR) is 85.3 cm³/mol. The van der Waals surface area contributed by atoms with Gasteiger partial charge in [0, 0.05) is 12.5 Å². The number of amides is 1. The van der Waals surface area contributed by atoms with Gasteiger partial charge in [-0.2, -0.15) is 0 Å². The van der Waals surface area contributed by atoms with E-state index in [9.17, 15) is 14.4 Å². The summed E-state index contributed by atoms with van der Waals surface area (Å²) in [5, 5.41) is 2.89. The molecule has 6 nitrogen and oxygen atoms in total. The van der Waals surface area contributed by atoms with Crippen molar-refractivity contribution in [1.29, 1.82) is 0 Å². The van der Waals surface area contributed by atoms with Crippen molar-refractivity contribution in [3.63, 3.8) is 0 Å². The molecule has 6 heteroatoms. The Bertz CT molecular complexity index is 651. The third kappa shape index (κ3) is 3.58. The molecule has 1 fully saturated rings. The highest BCUT2D eigenvalue weighted by atomic mass is 16.6. The predicted octanol–water partition coefficient (Wildman–Crippen LogP) is 1.76. The van der Waals surface area contributed by atoms with E-state index in [1.54, 1.807) is 24.3 Å². The second-order valence-corrected chi connectivity index (χ2v) is 6.32. The molecule has 1 aliphatic carbocycles. The Hall–Kier alpha value is -2.37. The largest absolute Gasteiger partial charge is 0.450 e. The van der Waals surface area contributed by atoms with E-state index >= 15 is 0 Å². The third-order valence-electron chi connectivity index (χ3n) is 4.52. The quantitative estimate of drug-likeness (QED) is 0.850. The summed E-state index contributed by atoms with van der Waals surface area (Å²) in [5.74, 6) is -1.54. The molecule has 0 saturated heterocycles. The zero-order valence-corrected chi connectivity index (χ0v) is 13.6. The maximum atomic E-state index is 12.2. The zero-order chi connectivity index (χ0) is 17.1. The fourth-order valence-corrected chi connectivity index (χ4v) is 3.16. The zero-order valence-electron chi connectivity index (χ0n) is 13.6. The van der Waals surface area contributed by atoms with Crippen LogP contribution >= 0.6 is 0 Å². The summed E-state index contributed by atoms with van der Waals surface area (Å²) in [6, 6.07) is 7.16. The van der Waals surface area contributed by atoms with Gasteiger partial charge in [0.15, 0.2) is 6.10 Å². The summed E-state index contributed by atoms with van der Waals surface area (Å²) in [7, 11) is 0. The Labute approximate surface area is 140 Å². The SMILES string of the molecule is C[C@H](OC(=O)[C@@H]1Cc2ccccc2C(=O)O1)C(=O)NC1CCCC1. The number of benzene rings is 1. The molecule has 1 N–H and O–H groups in total. The molecule has 0 radical (unpaired) electrons. The van der Waals surface area contributed by atoms with Crippen molar-refractivity contribution in [2.45, 2.75) is 57.3 Å². The molecule has 1 heterocycles. The summed E-state index contributed by atoms with van der Waals surface area (Å²) in [4.78, 5) is 36.3. The number of fused-ring (bicyclic) bond motifs is 1. The highest BCUT2D eigenvalue weighted by Gasteiger charge is 2.34. The summed E-state index contributed by atoms with van der Waals surface area (Å²) in [6.07, 6.45) is 2.49. The minimum absolute atomic E-state index is 0.165. The smallest absolute Gasteiger partial charge is 0.348 e. The van der Waals surface area contributed by atoms with E-state index in [0.717, 1.165) is 31.2 Å². The first-order chi connectivity index (χ1) is 11.5. The average molecular weight is 331 g/mol. The van der Waals surface area contributed by atoms with Crippen molar-refractivity contribution in [3.8, 4) is 0 Å². The Balaban J connectivity index is 1.57. The number of rotatable bonds is 4. The van der Waals surface area contributed by atoms with E-state index in [1.165, 1.54) is 6.92 Å². The lowest BCUT2D eigenvalue weighted by molar-refractivity contribution is -0.163. The van der Waals surface area contributed by atoms with Crippen molar-refractivity contribution in [2.24, 2.45) is 0 Å². The van der Waals surface area contributed by atoms with E-state index < -0.39 is 24.1 Å². The van der Waals surface area contributed by atoms with E-state index in [4.69, 9.17) is 9.47 Å². The molecule has 1 aromatic rings. The molecular weight excluding hydrogens is 310 g/mol. The van der Waals surface area contributed by atoms with Gasteiger partial charge < -0.3 is 14.8 Å². The number of cyclic esters (lactones) is 1. The van der Waals surface area contributed by atoms with E-state index in [0.29, 0.717) is 5.56 Å². The molecule has 128 valence electrons. The molecule has 0 unspecified atom stereocenters. The van der Waals surface area contributed by atoms with Crippen LogP contribution in [0.4, 0.5) is 0 Å². The van der Waals surface area contributed by atoms with Crippen LogP contribution in [-0.2, 0) is 25.5 Å². The molecule has 1 aliphatic heterocycles. The van der Waals surface area contributed by atoms with Crippen LogP contribution in [0.25, 0.3) is 0 Å². The fourth-order valence-electron chi connectivity index (χ4n) is 3.16. The van der Waals surface area contributed by atoms with Crippen LogP contribution < -0.4 is 5.32 Å². The number of carbonyl (C=O) groups excluding carboxylic acids is 3. The highest BCUT2D eigenvalue weighted by Crippen LogP contribution is 2.22. The third-order valence-corrected chi connectivity index (χ3v) is 4.52. The second-order valence-electron chi connectivity index (χ2n) is 6.32. The normalized spacial score (nSPS) is 21.5. The highest BCUT2D eigenvalue weighted by molar-refractivity contribution is 5.95. The van der Waals surface area contributed by atoms with Crippen LogP contribution in [0.1, 0.15) is 48.5 Å². The molecule has 1 amide bonds. The first kappa shape index (κ1) is 16.5. The van der Waals surface area contributed by atoms with Crippen LogP contribution in [0.3, 0.4) is 0 Å². The van der Waals surface area contributed by atoms with Gasteiger partial charge in [0.1, 0.15) is 0 Å². The minimum atomic E-state index is -1.01. The van der Waals surface area contributed by atoms with Gasteiger partial charge in [0.25, 0.3) is 5.91 Å². The molecule has 0 aromatic heterocycles. The van der Waals surface area contributed by atoms with Gasteiger partial charge in [0.2, 0.25) is 6.10 Å². The molecular formula is C18H21NO5.